The second-order valence-electron chi connectivity index (χ2n) is 9.33. The van der Waals surface area contributed by atoms with Crippen molar-refractivity contribution in [2.24, 2.45) is 0 Å². The summed E-state index contributed by atoms with van der Waals surface area (Å²) in [6.45, 7) is 4.60. The number of hydrogen-bond donors (Lipinski definition) is 1. The maximum atomic E-state index is 13.0. The summed E-state index contributed by atoms with van der Waals surface area (Å²) in [6, 6.07) is 16.5. The third-order valence-electron chi connectivity index (χ3n) is 7.65. The molecule has 164 valence electrons. The highest BCUT2D eigenvalue weighted by molar-refractivity contribution is 6.30. The quantitative estimate of drug-likeness (QED) is 0.659. The van der Waals surface area contributed by atoms with Crippen LogP contribution in [0.3, 0.4) is 0 Å². The molecule has 3 aliphatic rings. The van der Waals surface area contributed by atoms with Crippen LogP contribution in [-0.4, -0.2) is 37.0 Å². The molecule has 1 amide bonds. The van der Waals surface area contributed by atoms with Gasteiger partial charge in [0.1, 0.15) is 0 Å². The summed E-state index contributed by atoms with van der Waals surface area (Å²) in [4.78, 5) is 15.5. The minimum atomic E-state index is -0.352. The first-order valence-corrected chi connectivity index (χ1v) is 12.0. The van der Waals surface area contributed by atoms with E-state index < -0.39 is 0 Å². The van der Waals surface area contributed by atoms with E-state index in [1.165, 1.54) is 11.1 Å². The zero-order chi connectivity index (χ0) is 21.3. The van der Waals surface area contributed by atoms with E-state index in [0.717, 1.165) is 76.9 Å². The van der Waals surface area contributed by atoms with Crippen LogP contribution in [0.4, 0.5) is 0 Å². The van der Waals surface area contributed by atoms with Gasteiger partial charge in [0.25, 0.3) is 0 Å². The van der Waals surface area contributed by atoms with Gasteiger partial charge in [0.05, 0.1) is 17.6 Å². The van der Waals surface area contributed by atoms with Gasteiger partial charge in [-0.1, -0.05) is 54.4 Å². The van der Waals surface area contributed by atoms with Crippen LogP contribution in [0, 0.1) is 0 Å². The Bertz CT molecular complexity index is 931. The van der Waals surface area contributed by atoms with E-state index in [4.69, 9.17) is 16.3 Å². The molecule has 0 atom stereocenters. The normalized spacial score (nSPS) is 21.5. The van der Waals surface area contributed by atoms with Crippen LogP contribution in [0.5, 0.6) is 0 Å². The molecule has 2 aromatic carbocycles. The van der Waals surface area contributed by atoms with Crippen LogP contribution in [-0.2, 0) is 27.2 Å². The summed E-state index contributed by atoms with van der Waals surface area (Å²) in [5, 5.41) is 3.93. The van der Waals surface area contributed by atoms with E-state index in [1.54, 1.807) is 0 Å². The van der Waals surface area contributed by atoms with Crippen molar-refractivity contribution in [3.05, 3.63) is 70.2 Å². The lowest BCUT2D eigenvalue weighted by Crippen LogP contribution is -2.49. The zero-order valence-corrected chi connectivity index (χ0v) is 18.8. The number of halogens is 1. The Morgan fingerprint density at radius 3 is 2.48 bits per heavy atom. The summed E-state index contributed by atoms with van der Waals surface area (Å²) in [6.07, 6.45) is 6.04. The van der Waals surface area contributed by atoms with E-state index in [1.807, 2.05) is 24.3 Å². The second-order valence-corrected chi connectivity index (χ2v) is 9.77. The summed E-state index contributed by atoms with van der Waals surface area (Å²) >= 11 is 6.03. The lowest BCUT2D eigenvalue weighted by atomic mass is 9.64. The van der Waals surface area contributed by atoms with E-state index in [-0.39, 0.29) is 16.9 Å². The molecule has 2 aliphatic heterocycles. The number of carbonyl (C=O) groups excluding carboxylic acids is 1. The maximum absolute atomic E-state index is 13.0. The van der Waals surface area contributed by atoms with Gasteiger partial charge >= 0.3 is 0 Å². The molecule has 1 spiro atoms. The average Bonchev–Trinajstić information content (AvgIpc) is 3.11. The standard InChI is InChI=1S/C26H31ClN2O2/c27-22-9-7-21(8-10-22)25(11-3-12-25)24(30)28-15-4-16-29-17-13-26(14-18-29)23-6-2-1-5-20(23)19-31-26/h1-2,5-10H,3-4,11-19H2,(H,28,30). The number of nitrogens with one attached hydrogen (secondary N) is 1. The Balaban J connectivity index is 1.09. The Morgan fingerprint density at radius 1 is 1.03 bits per heavy atom. The van der Waals surface area contributed by atoms with Gasteiger partial charge in [0, 0.05) is 24.7 Å². The summed E-state index contributed by atoms with van der Waals surface area (Å²) < 4.78 is 6.27. The number of hydrogen-bond acceptors (Lipinski definition) is 3. The van der Waals surface area contributed by atoms with Crippen LogP contribution in [0.25, 0.3) is 0 Å². The molecular formula is C26H31ClN2O2. The van der Waals surface area contributed by atoms with E-state index in [9.17, 15) is 4.79 Å². The molecule has 31 heavy (non-hydrogen) atoms. The molecule has 1 N–H and O–H groups in total. The molecule has 2 aromatic rings. The molecule has 0 aromatic heterocycles. The molecule has 2 fully saturated rings. The van der Waals surface area contributed by atoms with Crippen molar-refractivity contribution >= 4 is 17.5 Å². The number of amides is 1. The first-order chi connectivity index (χ1) is 15.1. The summed E-state index contributed by atoms with van der Waals surface area (Å²) in [7, 11) is 0. The number of benzene rings is 2. The Kier molecular flexibility index (Phi) is 5.80. The number of rotatable bonds is 6. The van der Waals surface area contributed by atoms with Crippen molar-refractivity contribution in [2.75, 3.05) is 26.2 Å². The third-order valence-corrected chi connectivity index (χ3v) is 7.90. The van der Waals surface area contributed by atoms with Crippen molar-refractivity contribution in [3.8, 4) is 0 Å². The number of piperidine rings is 1. The van der Waals surface area contributed by atoms with Crippen LogP contribution < -0.4 is 5.32 Å². The van der Waals surface area contributed by atoms with E-state index in [0.29, 0.717) is 5.02 Å². The molecule has 0 radical (unpaired) electrons. The molecule has 5 rings (SSSR count). The fourth-order valence-corrected chi connectivity index (χ4v) is 5.68. The molecule has 1 aliphatic carbocycles. The van der Waals surface area contributed by atoms with Gasteiger partial charge in [-0.2, -0.15) is 0 Å². The summed E-state index contributed by atoms with van der Waals surface area (Å²) in [5.41, 5.74) is 3.42. The highest BCUT2D eigenvalue weighted by Gasteiger charge is 2.45. The Labute approximate surface area is 189 Å². The number of fused-ring (bicyclic) bond motifs is 2. The lowest BCUT2D eigenvalue weighted by molar-refractivity contribution is -0.129. The first kappa shape index (κ1) is 21.0. The predicted octanol–water partition coefficient (Wildman–Crippen LogP) is 4.79. The average molecular weight is 439 g/mol. The topological polar surface area (TPSA) is 41.6 Å². The number of ether oxygens (including phenoxy) is 1. The van der Waals surface area contributed by atoms with Gasteiger partial charge in [-0.25, -0.2) is 0 Å². The van der Waals surface area contributed by atoms with Crippen molar-refractivity contribution in [1.82, 2.24) is 10.2 Å². The fourth-order valence-electron chi connectivity index (χ4n) is 5.56. The maximum Gasteiger partial charge on any atom is 0.230 e. The molecule has 1 saturated carbocycles. The van der Waals surface area contributed by atoms with Crippen molar-refractivity contribution in [1.29, 1.82) is 0 Å². The SMILES string of the molecule is O=C(NCCCN1CCC2(CC1)OCc1ccccc12)C1(c2ccc(Cl)cc2)CCC1. The molecule has 5 heteroatoms. The molecule has 2 heterocycles. The fraction of sp³-hybridized carbons (Fsp3) is 0.500. The number of carbonyl (C=O) groups is 1. The monoisotopic (exact) mass is 438 g/mol. The highest BCUT2D eigenvalue weighted by Crippen LogP contribution is 2.45. The van der Waals surface area contributed by atoms with Crippen LogP contribution in [0.1, 0.15) is 55.2 Å². The summed E-state index contributed by atoms with van der Waals surface area (Å²) in [5.74, 6) is 0.176. The second kappa shape index (κ2) is 8.57. The van der Waals surface area contributed by atoms with Gasteiger partial charge in [-0.05, 0) is 67.5 Å². The van der Waals surface area contributed by atoms with Gasteiger partial charge in [0.2, 0.25) is 5.91 Å². The molecule has 0 bridgehead atoms. The first-order valence-electron chi connectivity index (χ1n) is 11.6. The van der Waals surface area contributed by atoms with Crippen LogP contribution in [0.2, 0.25) is 5.02 Å². The number of nitrogens with zero attached hydrogens (tertiary/aromatic N) is 1. The van der Waals surface area contributed by atoms with Crippen LogP contribution in [0.15, 0.2) is 48.5 Å². The van der Waals surface area contributed by atoms with Gasteiger partial charge in [-0.15, -0.1) is 0 Å². The Hall–Kier alpha value is -1.88. The zero-order valence-electron chi connectivity index (χ0n) is 18.0. The van der Waals surface area contributed by atoms with Crippen molar-refractivity contribution in [3.63, 3.8) is 0 Å². The third kappa shape index (κ3) is 3.90. The van der Waals surface area contributed by atoms with Crippen LogP contribution >= 0.6 is 11.6 Å². The van der Waals surface area contributed by atoms with E-state index in [2.05, 4.69) is 34.5 Å². The number of likely N-dealkylation sites (tertiary alicyclic amines) is 1. The minimum Gasteiger partial charge on any atom is -0.365 e. The van der Waals surface area contributed by atoms with Crippen molar-refractivity contribution in [2.45, 2.75) is 56.1 Å². The highest BCUT2D eigenvalue weighted by atomic mass is 35.5. The minimum absolute atomic E-state index is 0.0729. The Morgan fingerprint density at radius 2 is 1.77 bits per heavy atom. The van der Waals surface area contributed by atoms with E-state index >= 15 is 0 Å². The molecule has 1 saturated heterocycles. The van der Waals surface area contributed by atoms with Gasteiger partial charge in [-0.3, -0.25) is 4.79 Å². The molecule has 4 nitrogen and oxygen atoms in total. The van der Waals surface area contributed by atoms with Gasteiger partial charge < -0.3 is 15.0 Å². The lowest BCUT2D eigenvalue weighted by Gasteiger charge is -2.41. The largest absolute Gasteiger partial charge is 0.365 e. The predicted molar refractivity (Wildman–Crippen MR) is 123 cm³/mol. The van der Waals surface area contributed by atoms with Crippen molar-refractivity contribution < 1.29 is 9.53 Å². The smallest absolute Gasteiger partial charge is 0.230 e. The molecule has 0 unspecified atom stereocenters. The van der Waals surface area contributed by atoms with Gasteiger partial charge in [0.15, 0.2) is 0 Å². The molecular weight excluding hydrogens is 408 g/mol.